The zero-order chi connectivity index (χ0) is 18.4. The van der Waals surface area contributed by atoms with Gasteiger partial charge in [0.1, 0.15) is 11.6 Å². The van der Waals surface area contributed by atoms with E-state index in [-0.39, 0.29) is 17.7 Å². The van der Waals surface area contributed by atoms with Crippen LogP contribution in [0.5, 0.6) is 5.75 Å². The molecular weight excluding hydrogens is 329 g/mol. The Labute approximate surface area is 145 Å². The minimum Gasteiger partial charge on any atom is -0.481 e. The average molecular weight is 351 g/mol. The van der Waals surface area contributed by atoms with E-state index >= 15 is 0 Å². The van der Waals surface area contributed by atoms with Crippen LogP contribution in [0.15, 0.2) is 24.3 Å². The second-order valence-corrected chi connectivity index (χ2v) is 6.00. The number of nitrogens with one attached hydrogen (secondary N) is 2. The highest BCUT2D eigenvalue weighted by Crippen LogP contribution is 2.16. The van der Waals surface area contributed by atoms with Crippen molar-refractivity contribution in [2.45, 2.75) is 32.8 Å². The van der Waals surface area contributed by atoms with E-state index in [9.17, 15) is 18.8 Å². The van der Waals surface area contributed by atoms with Crippen LogP contribution in [0.4, 0.5) is 4.39 Å². The maximum Gasteiger partial charge on any atom is 0.279 e. The number of hydrazine groups is 1. The molecule has 3 amide bonds. The number of hydrogen-bond donors (Lipinski definition) is 2. The van der Waals surface area contributed by atoms with Gasteiger partial charge in [-0.15, -0.1) is 0 Å². The number of hydrogen-bond acceptors (Lipinski definition) is 4. The van der Waals surface area contributed by atoms with Gasteiger partial charge < -0.3 is 9.64 Å². The summed E-state index contributed by atoms with van der Waals surface area (Å²) in [5.41, 5.74) is 4.69. The standard InChI is InChI=1S/C17H22FN3O4/c1-11(25-15-7-5-14(18)6-8-15)16(23)19-20-17(24)13-4-3-9-21(10-13)12(2)22/h5-8,11,13H,3-4,9-10H2,1-2H3,(H,19,23)(H,20,24)/t11-,13-/m0/s1. The second-order valence-electron chi connectivity index (χ2n) is 6.00. The Morgan fingerprint density at radius 3 is 2.56 bits per heavy atom. The molecule has 136 valence electrons. The highest BCUT2D eigenvalue weighted by atomic mass is 19.1. The lowest BCUT2D eigenvalue weighted by molar-refractivity contribution is -0.137. The SMILES string of the molecule is CC(=O)N1CCC[C@H](C(=O)NNC(=O)[C@H](C)Oc2ccc(F)cc2)C1. The normalized spacial score (nSPS) is 18.2. The van der Waals surface area contributed by atoms with E-state index < -0.39 is 17.8 Å². The fourth-order valence-electron chi connectivity index (χ4n) is 2.57. The molecule has 8 heteroatoms. The monoisotopic (exact) mass is 351 g/mol. The molecule has 1 saturated heterocycles. The largest absolute Gasteiger partial charge is 0.481 e. The van der Waals surface area contributed by atoms with E-state index in [2.05, 4.69) is 10.9 Å². The number of likely N-dealkylation sites (tertiary alicyclic amines) is 1. The van der Waals surface area contributed by atoms with Crippen LogP contribution in [0.25, 0.3) is 0 Å². The predicted octanol–water partition coefficient (Wildman–Crippen LogP) is 0.999. The smallest absolute Gasteiger partial charge is 0.279 e. The number of amides is 3. The van der Waals surface area contributed by atoms with Crippen LogP contribution in [0.2, 0.25) is 0 Å². The fraction of sp³-hybridized carbons (Fsp3) is 0.471. The van der Waals surface area contributed by atoms with Gasteiger partial charge in [-0.05, 0) is 44.0 Å². The van der Waals surface area contributed by atoms with Crippen LogP contribution in [-0.2, 0) is 14.4 Å². The first kappa shape index (κ1) is 18.7. The van der Waals surface area contributed by atoms with Crippen LogP contribution in [0.1, 0.15) is 26.7 Å². The molecule has 0 radical (unpaired) electrons. The third kappa shape index (κ3) is 5.44. The molecule has 1 heterocycles. The minimum absolute atomic E-state index is 0.0668. The number of halogens is 1. The number of rotatable bonds is 4. The summed E-state index contributed by atoms with van der Waals surface area (Å²) in [6.07, 6.45) is 0.536. The van der Waals surface area contributed by atoms with Crippen LogP contribution in [-0.4, -0.2) is 41.8 Å². The Balaban J connectivity index is 1.79. The molecule has 2 atom stereocenters. The van der Waals surface area contributed by atoms with E-state index in [0.29, 0.717) is 25.3 Å². The zero-order valence-corrected chi connectivity index (χ0v) is 14.3. The van der Waals surface area contributed by atoms with Crippen LogP contribution in [0.3, 0.4) is 0 Å². The maximum atomic E-state index is 12.8. The van der Waals surface area contributed by atoms with Gasteiger partial charge >= 0.3 is 0 Å². The molecular formula is C17H22FN3O4. The van der Waals surface area contributed by atoms with Gasteiger partial charge in [0.25, 0.3) is 5.91 Å². The first-order chi connectivity index (χ1) is 11.9. The van der Waals surface area contributed by atoms with Gasteiger partial charge in [0.2, 0.25) is 11.8 Å². The maximum absolute atomic E-state index is 12.8. The molecule has 0 bridgehead atoms. The number of ether oxygens (including phenoxy) is 1. The molecule has 0 aliphatic carbocycles. The van der Waals surface area contributed by atoms with Crippen molar-refractivity contribution in [1.29, 1.82) is 0 Å². The number of benzene rings is 1. The molecule has 1 aliphatic rings. The first-order valence-electron chi connectivity index (χ1n) is 8.14. The highest BCUT2D eigenvalue weighted by molar-refractivity contribution is 5.86. The Kier molecular flexibility index (Phi) is 6.32. The predicted molar refractivity (Wildman–Crippen MR) is 87.8 cm³/mol. The molecule has 1 fully saturated rings. The molecule has 2 N–H and O–H groups in total. The molecule has 25 heavy (non-hydrogen) atoms. The summed E-state index contributed by atoms with van der Waals surface area (Å²) in [5.74, 6) is -1.34. The van der Waals surface area contributed by atoms with Crippen molar-refractivity contribution in [3.8, 4) is 5.75 Å². The van der Waals surface area contributed by atoms with Crippen LogP contribution < -0.4 is 15.6 Å². The van der Waals surface area contributed by atoms with Gasteiger partial charge in [-0.3, -0.25) is 25.2 Å². The lowest BCUT2D eigenvalue weighted by atomic mass is 9.97. The summed E-state index contributed by atoms with van der Waals surface area (Å²) in [6.45, 7) is 3.98. The molecule has 1 aliphatic heterocycles. The van der Waals surface area contributed by atoms with E-state index in [1.165, 1.54) is 38.1 Å². The Morgan fingerprint density at radius 1 is 1.24 bits per heavy atom. The lowest BCUT2D eigenvalue weighted by Gasteiger charge is -2.31. The minimum atomic E-state index is -0.870. The summed E-state index contributed by atoms with van der Waals surface area (Å²) in [4.78, 5) is 37.1. The van der Waals surface area contributed by atoms with E-state index in [1.54, 1.807) is 4.90 Å². The van der Waals surface area contributed by atoms with Gasteiger partial charge in [0, 0.05) is 20.0 Å². The fourth-order valence-corrected chi connectivity index (χ4v) is 2.57. The van der Waals surface area contributed by atoms with Crippen molar-refractivity contribution in [3.63, 3.8) is 0 Å². The molecule has 7 nitrogen and oxygen atoms in total. The molecule has 2 rings (SSSR count). The van der Waals surface area contributed by atoms with E-state index in [0.717, 1.165) is 6.42 Å². The molecule has 0 spiro atoms. The van der Waals surface area contributed by atoms with E-state index in [1.807, 2.05) is 0 Å². The number of nitrogens with zero attached hydrogens (tertiary/aromatic N) is 1. The number of carbonyl (C=O) groups is 3. The van der Waals surface area contributed by atoms with Crippen molar-refractivity contribution >= 4 is 17.7 Å². The molecule has 0 aromatic heterocycles. The summed E-state index contributed by atoms with van der Waals surface area (Å²) < 4.78 is 18.2. The summed E-state index contributed by atoms with van der Waals surface area (Å²) in [7, 11) is 0. The highest BCUT2D eigenvalue weighted by Gasteiger charge is 2.27. The first-order valence-corrected chi connectivity index (χ1v) is 8.14. The van der Waals surface area contributed by atoms with Gasteiger partial charge in [0.05, 0.1) is 5.92 Å². The van der Waals surface area contributed by atoms with Crippen molar-refractivity contribution in [2.24, 2.45) is 5.92 Å². The Morgan fingerprint density at radius 2 is 1.92 bits per heavy atom. The van der Waals surface area contributed by atoms with Gasteiger partial charge in [0.15, 0.2) is 6.10 Å². The second kappa shape index (κ2) is 8.46. The zero-order valence-electron chi connectivity index (χ0n) is 14.3. The van der Waals surface area contributed by atoms with Gasteiger partial charge in [-0.25, -0.2) is 4.39 Å². The summed E-state index contributed by atoms with van der Waals surface area (Å²) in [6, 6.07) is 5.28. The van der Waals surface area contributed by atoms with Crippen LogP contribution in [0, 0.1) is 11.7 Å². The molecule has 0 saturated carbocycles. The van der Waals surface area contributed by atoms with Crippen molar-refractivity contribution < 1.29 is 23.5 Å². The third-order valence-corrected chi connectivity index (χ3v) is 4.04. The quantitative estimate of drug-likeness (QED) is 0.792. The molecule has 1 aromatic rings. The Hall–Kier alpha value is -2.64. The molecule has 1 aromatic carbocycles. The number of piperidine rings is 1. The topological polar surface area (TPSA) is 87.7 Å². The number of carbonyl (C=O) groups excluding carboxylic acids is 3. The average Bonchev–Trinajstić information content (AvgIpc) is 2.61. The van der Waals surface area contributed by atoms with Crippen molar-refractivity contribution in [1.82, 2.24) is 15.8 Å². The summed E-state index contributed by atoms with van der Waals surface area (Å²) in [5, 5.41) is 0. The third-order valence-electron chi connectivity index (χ3n) is 4.04. The molecule has 0 unspecified atom stereocenters. The van der Waals surface area contributed by atoms with E-state index in [4.69, 9.17) is 4.74 Å². The van der Waals surface area contributed by atoms with Gasteiger partial charge in [-0.1, -0.05) is 0 Å². The van der Waals surface area contributed by atoms with Crippen LogP contribution >= 0.6 is 0 Å². The van der Waals surface area contributed by atoms with Crippen molar-refractivity contribution in [2.75, 3.05) is 13.1 Å². The van der Waals surface area contributed by atoms with Crippen molar-refractivity contribution in [3.05, 3.63) is 30.1 Å². The Bertz CT molecular complexity index is 635. The van der Waals surface area contributed by atoms with Gasteiger partial charge in [-0.2, -0.15) is 0 Å². The summed E-state index contributed by atoms with van der Waals surface area (Å²) >= 11 is 0. The lowest BCUT2D eigenvalue weighted by Crippen LogP contribution is -2.52.